The zero-order valence-corrected chi connectivity index (χ0v) is 8.25. The minimum atomic E-state index is 0.138. The molecule has 1 saturated carbocycles. The fourth-order valence-corrected chi connectivity index (χ4v) is 2.46. The van der Waals surface area contributed by atoms with Crippen molar-refractivity contribution in [3.63, 3.8) is 0 Å². The van der Waals surface area contributed by atoms with Crippen molar-refractivity contribution in [2.75, 3.05) is 19.6 Å². The van der Waals surface area contributed by atoms with Gasteiger partial charge >= 0.3 is 6.03 Å². The number of rotatable bonds is 2. The molecule has 2 unspecified atom stereocenters. The predicted octanol–water partition coefficient (Wildman–Crippen LogP) is 1.45. The molecular formula is C10H18N2O. The third-order valence-electron chi connectivity index (χ3n) is 3.44. The van der Waals surface area contributed by atoms with E-state index >= 15 is 0 Å². The van der Waals surface area contributed by atoms with Gasteiger partial charge in [0.2, 0.25) is 0 Å². The summed E-state index contributed by atoms with van der Waals surface area (Å²) < 4.78 is 0. The maximum absolute atomic E-state index is 11.3. The molecule has 0 aromatic heterocycles. The van der Waals surface area contributed by atoms with Gasteiger partial charge in [0, 0.05) is 19.6 Å². The Balaban J connectivity index is 1.86. The Morgan fingerprint density at radius 3 is 2.92 bits per heavy atom. The van der Waals surface area contributed by atoms with Gasteiger partial charge in [0.15, 0.2) is 0 Å². The molecule has 13 heavy (non-hydrogen) atoms. The van der Waals surface area contributed by atoms with Crippen LogP contribution in [0.25, 0.3) is 0 Å². The lowest BCUT2D eigenvalue weighted by Gasteiger charge is -2.22. The van der Waals surface area contributed by atoms with Crippen LogP contribution in [-0.2, 0) is 0 Å². The standard InChI is InChI=1S/C10H18N2O/c1-8-3-2-4-9(8)7-12-6-5-11-10(12)13/h8-9H,2-7H2,1H3,(H,11,13). The summed E-state index contributed by atoms with van der Waals surface area (Å²) in [4.78, 5) is 13.2. The summed E-state index contributed by atoms with van der Waals surface area (Å²) in [6.45, 7) is 5.03. The van der Waals surface area contributed by atoms with Crippen molar-refractivity contribution >= 4 is 6.03 Å². The van der Waals surface area contributed by atoms with Crippen LogP contribution in [0.4, 0.5) is 4.79 Å². The van der Waals surface area contributed by atoms with Crippen LogP contribution >= 0.6 is 0 Å². The SMILES string of the molecule is CC1CCCC1CN1CCNC1=O. The van der Waals surface area contributed by atoms with E-state index in [-0.39, 0.29) is 6.03 Å². The van der Waals surface area contributed by atoms with Crippen molar-refractivity contribution in [2.24, 2.45) is 11.8 Å². The third kappa shape index (κ3) is 1.79. The molecule has 0 spiro atoms. The summed E-state index contributed by atoms with van der Waals surface area (Å²) in [5, 5.41) is 2.85. The lowest BCUT2D eigenvalue weighted by molar-refractivity contribution is 0.203. The monoisotopic (exact) mass is 182 g/mol. The molecule has 1 aliphatic carbocycles. The number of nitrogens with one attached hydrogen (secondary N) is 1. The molecule has 2 aliphatic rings. The van der Waals surface area contributed by atoms with Crippen molar-refractivity contribution in [2.45, 2.75) is 26.2 Å². The highest BCUT2D eigenvalue weighted by Gasteiger charge is 2.28. The van der Waals surface area contributed by atoms with E-state index in [9.17, 15) is 4.79 Å². The molecule has 1 heterocycles. The average molecular weight is 182 g/mol. The molecular weight excluding hydrogens is 164 g/mol. The quantitative estimate of drug-likeness (QED) is 0.688. The summed E-state index contributed by atoms with van der Waals surface area (Å²) in [7, 11) is 0. The highest BCUT2D eigenvalue weighted by Crippen LogP contribution is 2.31. The Labute approximate surface area is 79.5 Å². The Morgan fingerprint density at radius 2 is 2.38 bits per heavy atom. The normalized spacial score (nSPS) is 33.9. The second-order valence-corrected chi connectivity index (χ2v) is 4.35. The first-order chi connectivity index (χ1) is 6.27. The fourth-order valence-electron chi connectivity index (χ4n) is 2.46. The van der Waals surface area contributed by atoms with Crippen molar-refractivity contribution in [3.8, 4) is 0 Å². The highest BCUT2D eigenvalue weighted by atomic mass is 16.2. The molecule has 2 fully saturated rings. The van der Waals surface area contributed by atoms with Gasteiger partial charge in [-0.2, -0.15) is 0 Å². The van der Waals surface area contributed by atoms with Crippen molar-refractivity contribution in [1.82, 2.24) is 10.2 Å². The van der Waals surface area contributed by atoms with Crippen LogP contribution in [0.15, 0.2) is 0 Å². The topological polar surface area (TPSA) is 32.3 Å². The first-order valence-electron chi connectivity index (χ1n) is 5.30. The van der Waals surface area contributed by atoms with Gasteiger partial charge in [-0.25, -0.2) is 4.79 Å². The molecule has 3 nitrogen and oxygen atoms in total. The van der Waals surface area contributed by atoms with Crippen LogP contribution in [-0.4, -0.2) is 30.6 Å². The number of carbonyl (C=O) groups is 1. The van der Waals surface area contributed by atoms with E-state index in [1.807, 2.05) is 4.90 Å². The van der Waals surface area contributed by atoms with Gasteiger partial charge in [0.05, 0.1) is 0 Å². The van der Waals surface area contributed by atoms with Gasteiger partial charge < -0.3 is 10.2 Å². The molecule has 3 heteroatoms. The lowest BCUT2D eigenvalue weighted by Crippen LogP contribution is -2.33. The van der Waals surface area contributed by atoms with E-state index < -0.39 is 0 Å². The van der Waals surface area contributed by atoms with Crippen molar-refractivity contribution in [3.05, 3.63) is 0 Å². The number of urea groups is 1. The van der Waals surface area contributed by atoms with E-state index in [0.29, 0.717) is 0 Å². The van der Waals surface area contributed by atoms with Gasteiger partial charge in [-0.15, -0.1) is 0 Å². The summed E-state index contributed by atoms with van der Waals surface area (Å²) in [5.41, 5.74) is 0. The molecule has 0 aromatic rings. The molecule has 2 rings (SSSR count). The van der Waals surface area contributed by atoms with E-state index in [1.165, 1.54) is 19.3 Å². The zero-order chi connectivity index (χ0) is 9.26. The third-order valence-corrected chi connectivity index (χ3v) is 3.44. The Hall–Kier alpha value is -0.730. The van der Waals surface area contributed by atoms with Crippen molar-refractivity contribution in [1.29, 1.82) is 0 Å². The van der Waals surface area contributed by atoms with Gasteiger partial charge in [0.1, 0.15) is 0 Å². The molecule has 0 aromatic carbocycles. The van der Waals surface area contributed by atoms with E-state index in [1.54, 1.807) is 0 Å². The van der Waals surface area contributed by atoms with Gasteiger partial charge in [0.25, 0.3) is 0 Å². The number of amides is 2. The fraction of sp³-hybridized carbons (Fsp3) is 0.900. The largest absolute Gasteiger partial charge is 0.336 e. The first-order valence-corrected chi connectivity index (χ1v) is 5.30. The van der Waals surface area contributed by atoms with Crippen LogP contribution in [0.2, 0.25) is 0 Å². The smallest absolute Gasteiger partial charge is 0.317 e. The minimum absolute atomic E-state index is 0.138. The number of nitrogens with zero attached hydrogens (tertiary/aromatic N) is 1. The van der Waals surface area contributed by atoms with E-state index in [2.05, 4.69) is 12.2 Å². The Kier molecular flexibility index (Phi) is 2.42. The molecule has 0 radical (unpaired) electrons. The van der Waals surface area contributed by atoms with Crippen LogP contribution in [0.5, 0.6) is 0 Å². The maximum Gasteiger partial charge on any atom is 0.317 e. The molecule has 1 saturated heterocycles. The first kappa shape index (κ1) is 8.85. The molecule has 2 atom stereocenters. The molecule has 0 bridgehead atoms. The van der Waals surface area contributed by atoms with E-state index in [4.69, 9.17) is 0 Å². The van der Waals surface area contributed by atoms with Crippen LogP contribution < -0.4 is 5.32 Å². The summed E-state index contributed by atoms with van der Waals surface area (Å²) in [6.07, 6.45) is 4.01. The molecule has 2 amide bonds. The van der Waals surface area contributed by atoms with Gasteiger partial charge in [-0.3, -0.25) is 0 Å². The van der Waals surface area contributed by atoms with Crippen LogP contribution in [0.1, 0.15) is 26.2 Å². The summed E-state index contributed by atoms with van der Waals surface area (Å²) in [5.74, 6) is 1.57. The molecule has 1 aliphatic heterocycles. The second kappa shape index (κ2) is 3.56. The Bertz CT molecular complexity index is 205. The van der Waals surface area contributed by atoms with Gasteiger partial charge in [-0.1, -0.05) is 19.8 Å². The van der Waals surface area contributed by atoms with Crippen LogP contribution in [0, 0.1) is 11.8 Å². The lowest BCUT2D eigenvalue weighted by atomic mass is 9.98. The van der Waals surface area contributed by atoms with Crippen molar-refractivity contribution < 1.29 is 4.79 Å². The average Bonchev–Trinajstić information content (AvgIpc) is 2.65. The molecule has 1 N–H and O–H groups in total. The summed E-state index contributed by atoms with van der Waals surface area (Å²) in [6, 6.07) is 0.138. The number of hydrogen-bond donors (Lipinski definition) is 1. The maximum atomic E-state index is 11.3. The van der Waals surface area contributed by atoms with E-state index in [0.717, 1.165) is 31.5 Å². The molecule has 74 valence electrons. The van der Waals surface area contributed by atoms with Crippen LogP contribution in [0.3, 0.4) is 0 Å². The predicted molar refractivity (Wildman–Crippen MR) is 51.5 cm³/mol. The number of hydrogen-bond acceptors (Lipinski definition) is 1. The zero-order valence-electron chi connectivity index (χ0n) is 8.25. The highest BCUT2D eigenvalue weighted by molar-refractivity contribution is 5.76. The van der Waals surface area contributed by atoms with Gasteiger partial charge in [-0.05, 0) is 18.3 Å². The minimum Gasteiger partial charge on any atom is -0.336 e. The number of carbonyl (C=O) groups excluding carboxylic acids is 1. The summed E-state index contributed by atoms with van der Waals surface area (Å²) >= 11 is 0. The Morgan fingerprint density at radius 1 is 1.54 bits per heavy atom. The second-order valence-electron chi connectivity index (χ2n) is 4.35.